The molecule has 0 aliphatic carbocycles. The van der Waals surface area contributed by atoms with E-state index in [0.717, 1.165) is 45.1 Å². The van der Waals surface area contributed by atoms with Gasteiger partial charge in [0.05, 0.1) is 12.1 Å². The molecule has 33 heavy (non-hydrogen) atoms. The molecule has 4 aromatic carbocycles. The van der Waals surface area contributed by atoms with E-state index in [1.807, 2.05) is 42.5 Å². The number of fused-ring (bicyclic) bond motifs is 3. The normalized spacial score (nSPS) is 11.2. The van der Waals surface area contributed by atoms with E-state index in [1.54, 1.807) is 6.07 Å². The molecule has 0 radical (unpaired) electrons. The van der Waals surface area contributed by atoms with Crippen molar-refractivity contribution in [2.45, 2.75) is 26.5 Å². The first-order valence-electron chi connectivity index (χ1n) is 11.2. The summed E-state index contributed by atoms with van der Waals surface area (Å²) in [6, 6.07) is 30.5. The molecule has 0 aliphatic rings. The van der Waals surface area contributed by atoms with Crippen LogP contribution in [-0.4, -0.2) is 10.5 Å². The summed E-state index contributed by atoms with van der Waals surface area (Å²) in [5.41, 5.74) is 11.8. The maximum Gasteiger partial charge on any atom is 0.249 e. The number of primary amides is 1. The van der Waals surface area contributed by atoms with Crippen molar-refractivity contribution in [3.05, 3.63) is 113 Å². The maximum absolute atomic E-state index is 12.2. The summed E-state index contributed by atoms with van der Waals surface area (Å²) in [6.45, 7) is 3.28. The van der Waals surface area contributed by atoms with Crippen LogP contribution in [0.1, 0.15) is 34.0 Å². The highest BCUT2D eigenvalue weighted by atomic mass is 16.5. The number of aromatic nitrogens is 1. The summed E-state index contributed by atoms with van der Waals surface area (Å²) in [7, 11) is 0. The lowest BCUT2D eigenvalue weighted by molar-refractivity contribution is 0.100. The molecule has 1 heterocycles. The predicted molar refractivity (Wildman–Crippen MR) is 134 cm³/mol. The lowest BCUT2D eigenvalue weighted by atomic mass is 10.0. The van der Waals surface area contributed by atoms with Gasteiger partial charge < -0.3 is 15.0 Å². The van der Waals surface area contributed by atoms with E-state index in [0.29, 0.717) is 18.7 Å². The van der Waals surface area contributed by atoms with E-state index in [4.69, 9.17) is 10.5 Å². The molecule has 0 saturated heterocycles. The van der Waals surface area contributed by atoms with Crippen molar-refractivity contribution in [1.29, 1.82) is 0 Å². The Morgan fingerprint density at radius 3 is 2.42 bits per heavy atom. The quantitative estimate of drug-likeness (QED) is 0.337. The van der Waals surface area contributed by atoms with Crippen molar-refractivity contribution in [1.82, 2.24) is 4.57 Å². The third kappa shape index (κ3) is 3.96. The van der Waals surface area contributed by atoms with Crippen LogP contribution in [0.4, 0.5) is 0 Å². The van der Waals surface area contributed by atoms with Crippen molar-refractivity contribution >= 4 is 27.7 Å². The van der Waals surface area contributed by atoms with Gasteiger partial charge >= 0.3 is 0 Å². The summed E-state index contributed by atoms with van der Waals surface area (Å²) >= 11 is 0. The number of benzene rings is 4. The number of hydrogen-bond donors (Lipinski definition) is 1. The van der Waals surface area contributed by atoms with E-state index in [1.165, 1.54) is 5.56 Å². The van der Waals surface area contributed by atoms with Crippen LogP contribution in [0.2, 0.25) is 0 Å². The van der Waals surface area contributed by atoms with Crippen LogP contribution in [0.25, 0.3) is 21.8 Å². The molecule has 0 aliphatic heterocycles. The monoisotopic (exact) mass is 434 g/mol. The first-order chi connectivity index (χ1) is 16.2. The topological polar surface area (TPSA) is 57.2 Å². The van der Waals surface area contributed by atoms with Crippen molar-refractivity contribution in [3.8, 4) is 5.75 Å². The van der Waals surface area contributed by atoms with Gasteiger partial charge in [-0.1, -0.05) is 73.7 Å². The van der Waals surface area contributed by atoms with Gasteiger partial charge in [0.2, 0.25) is 5.91 Å². The molecule has 2 N–H and O–H groups in total. The summed E-state index contributed by atoms with van der Waals surface area (Å²) in [5.74, 6) is 0.444. The Kier molecular flexibility index (Phi) is 5.57. The van der Waals surface area contributed by atoms with Crippen molar-refractivity contribution < 1.29 is 9.53 Å². The lowest BCUT2D eigenvalue weighted by Crippen LogP contribution is -2.11. The van der Waals surface area contributed by atoms with Crippen LogP contribution in [-0.2, 0) is 19.6 Å². The van der Waals surface area contributed by atoms with Gasteiger partial charge in [-0.25, -0.2) is 0 Å². The Balaban J connectivity index is 1.62. The van der Waals surface area contributed by atoms with Crippen molar-refractivity contribution in [2.75, 3.05) is 0 Å². The van der Waals surface area contributed by atoms with Crippen LogP contribution >= 0.6 is 0 Å². The molecule has 1 amide bonds. The summed E-state index contributed by atoms with van der Waals surface area (Å²) in [4.78, 5) is 12.2. The molecule has 0 bridgehead atoms. The van der Waals surface area contributed by atoms with Gasteiger partial charge in [0.25, 0.3) is 0 Å². The van der Waals surface area contributed by atoms with Gasteiger partial charge in [-0.15, -0.1) is 0 Å². The van der Waals surface area contributed by atoms with Crippen LogP contribution in [0.5, 0.6) is 5.75 Å². The summed E-state index contributed by atoms with van der Waals surface area (Å²) in [5, 5.41) is 1.95. The Bertz CT molecular complexity index is 1450. The highest BCUT2D eigenvalue weighted by molar-refractivity contribution is 6.18. The fraction of sp³-hybridized carbons (Fsp3) is 0.138. The smallest absolute Gasteiger partial charge is 0.249 e. The Morgan fingerprint density at radius 2 is 1.64 bits per heavy atom. The van der Waals surface area contributed by atoms with Crippen molar-refractivity contribution in [2.24, 2.45) is 5.73 Å². The second-order valence-electron chi connectivity index (χ2n) is 8.24. The molecule has 164 valence electrons. The molecular formula is C29H26N2O2. The third-order valence-electron chi connectivity index (χ3n) is 6.17. The summed E-state index contributed by atoms with van der Waals surface area (Å²) < 4.78 is 8.48. The van der Waals surface area contributed by atoms with E-state index < -0.39 is 5.91 Å². The van der Waals surface area contributed by atoms with Crippen LogP contribution in [0, 0.1) is 0 Å². The summed E-state index contributed by atoms with van der Waals surface area (Å²) in [6.07, 6.45) is 0.941. The third-order valence-corrected chi connectivity index (χ3v) is 6.17. The van der Waals surface area contributed by atoms with Crippen molar-refractivity contribution in [3.63, 3.8) is 0 Å². The zero-order valence-electron chi connectivity index (χ0n) is 18.6. The molecule has 5 aromatic rings. The molecular weight excluding hydrogens is 408 g/mol. The molecule has 0 saturated carbocycles. The van der Waals surface area contributed by atoms with Crippen LogP contribution in [0.15, 0.2) is 91.0 Å². The average molecular weight is 435 g/mol. The molecule has 0 atom stereocenters. The number of hydrogen-bond acceptors (Lipinski definition) is 2. The van der Waals surface area contributed by atoms with E-state index >= 15 is 0 Å². The molecule has 0 unspecified atom stereocenters. The minimum Gasteiger partial charge on any atom is -0.489 e. The van der Waals surface area contributed by atoms with E-state index in [2.05, 4.69) is 54.0 Å². The number of carbonyl (C=O) groups is 1. The molecule has 0 fully saturated rings. The highest BCUT2D eigenvalue weighted by Crippen LogP contribution is 2.34. The Labute approximate surface area is 193 Å². The Hall–Kier alpha value is -4.05. The number of ether oxygens (including phenoxy) is 1. The van der Waals surface area contributed by atoms with E-state index in [-0.39, 0.29) is 0 Å². The fourth-order valence-corrected chi connectivity index (χ4v) is 4.47. The number of nitrogens with two attached hydrogens (primary N) is 1. The largest absolute Gasteiger partial charge is 0.489 e. The van der Waals surface area contributed by atoms with Gasteiger partial charge in [0, 0.05) is 27.4 Å². The molecule has 4 nitrogen and oxygen atoms in total. The zero-order valence-corrected chi connectivity index (χ0v) is 18.6. The van der Waals surface area contributed by atoms with E-state index in [9.17, 15) is 4.79 Å². The fourth-order valence-electron chi connectivity index (χ4n) is 4.47. The van der Waals surface area contributed by atoms with Gasteiger partial charge in [-0.3, -0.25) is 4.79 Å². The molecule has 1 aromatic heterocycles. The zero-order chi connectivity index (χ0) is 22.8. The SMILES string of the molecule is CCc1ccc2c3c(C(N)=O)cccc3n(Cc3ccccc3OCc3ccccc3)c2c1. The van der Waals surface area contributed by atoms with Gasteiger partial charge in [-0.05, 0) is 41.8 Å². The first-order valence-corrected chi connectivity index (χ1v) is 11.2. The molecule has 5 rings (SSSR count). The highest BCUT2D eigenvalue weighted by Gasteiger charge is 2.17. The number of aryl methyl sites for hydroxylation is 1. The lowest BCUT2D eigenvalue weighted by Gasteiger charge is -2.14. The second-order valence-corrected chi connectivity index (χ2v) is 8.24. The predicted octanol–water partition coefficient (Wildman–Crippen LogP) is 6.08. The Morgan fingerprint density at radius 1 is 0.848 bits per heavy atom. The number of rotatable bonds is 7. The number of amides is 1. The van der Waals surface area contributed by atoms with Gasteiger partial charge in [-0.2, -0.15) is 0 Å². The molecule has 4 heteroatoms. The molecule has 0 spiro atoms. The first kappa shape index (κ1) is 20.8. The minimum absolute atomic E-state index is 0.411. The second kappa shape index (κ2) is 8.83. The number of nitrogens with zero attached hydrogens (tertiary/aromatic N) is 1. The number of para-hydroxylation sites is 1. The van der Waals surface area contributed by atoms with Gasteiger partial charge in [0.15, 0.2) is 0 Å². The van der Waals surface area contributed by atoms with Gasteiger partial charge in [0.1, 0.15) is 12.4 Å². The maximum atomic E-state index is 12.2. The standard InChI is InChI=1S/C29H26N2O2/c1-2-20-15-16-23-26(17-20)31(25-13-8-12-24(28(23)25)29(30)32)18-22-11-6-7-14-27(22)33-19-21-9-4-3-5-10-21/h3-17H,2,18-19H2,1H3,(H2,30,32). The average Bonchev–Trinajstić information content (AvgIpc) is 3.17. The van der Waals surface area contributed by atoms with Crippen LogP contribution in [0.3, 0.4) is 0 Å². The minimum atomic E-state index is -0.411. The van der Waals surface area contributed by atoms with Crippen LogP contribution < -0.4 is 10.5 Å². The number of carbonyl (C=O) groups excluding carboxylic acids is 1.